The number of thioether (sulfide) groups is 1. The first-order valence-electron chi connectivity index (χ1n) is 5.19. The van der Waals surface area contributed by atoms with Gasteiger partial charge >= 0.3 is 0 Å². The summed E-state index contributed by atoms with van der Waals surface area (Å²) in [5, 5.41) is 2.60. The van der Waals surface area contributed by atoms with E-state index >= 15 is 0 Å². The Hall–Kier alpha value is -0.850. The van der Waals surface area contributed by atoms with Crippen molar-refractivity contribution in [3.05, 3.63) is 33.1 Å². The highest BCUT2D eigenvalue weighted by Crippen LogP contribution is 2.29. The summed E-state index contributed by atoms with van der Waals surface area (Å²) >= 11 is 9.76. The topological polar surface area (TPSA) is 32.3 Å². The quantitative estimate of drug-likeness (QED) is 0.661. The highest BCUT2D eigenvalue weighted by Gasteiger charge is 2.21. The molecule has 1 N–H and O–H groups in total. The standard InChI is InChI=1S/C12H11BrN2OS2/c1-15(2)9-4-3-7(5-8(9)13)6-10-11(16)14-12(17)18-10/h3-6H,1-2H3,(H,14,16,17). The molecule has 2 rings (SSSR count). The van der Waals surface area contributed by atoms with E-state index in [2.05, 4.69) is 21.2 Å². The molecule has 1 aromatic rings. The largest absolute Gasteiger partial charge is 0.377 e. The number of rotatable bonds is 2. The van der Waals surface area contributed by atoms with Crippen LogP contribution >= 0.6 is 39.9 Å². The average molecular weight is 343 g/mol. The minimum atomic E-state index is -0.127. The van der Waals surface area contributed by atoms with Gasteiger partial charge < -0.3 is 10.2 Å². The minimum Gasteiger partial charge on any atom is -0.377 e. The third-order valence-electron chi connectivity index (χ3n) is 2.39. The number of hydrogen-bond donors (Lipinski definition) is 1. The molecule has 1 aromatic carbocycles. The van der Waals surface area contributed by atoms with E-state index in [9.17, 15) is 4.79 Å². The molecule has 0 spiro atoms. The fourth-order valence-corrected chi connectivity index (χ4v) is 3.34. The van der Waals surface area contributed by atoms with E-state index in [0.29, 0.717) is 9.23 Å². The molecule has 3 nitrogen and oxygen atoms in total. The third-order valence-corrected chi connectivity index (χ3v) is 4.19. The molecule has 1 aliphatic heterocycles. The second-order valence-corrected chi connectivity index (χ2v) is 6.53. The van der Waals surface area contributed by atoms with Crippen molar-refractivity contribution in [2.75, 3.05) is 19.0 Å². The Bertz CT molecular complexity index is 555. The summed E-state index contributed by atoms with van der Waals surface area (Å²) in [6.45, 7) is 0. The molecule has 1 aliphatic rings. The van der Waals surface area contributed by atoms with E-state index in [0.717, 1.165) is 15.7 Å². The Morgan fingerprint density at radius 3 is 2.67 bits per heavy atom. The molecule has 0 unspecified atom stereocenters. The zero-order valence-corrected chi connectivity index (χ0v) is 13.1. The van der Waals surface area contributed by atoms with Gasteiger partial charge in [-0.05, 0) is 39.7 Å². The predicted molar refractivity (Wildman–Crippen MR) is 84.8 cm³/mol. The van der Waals surface area contributed by atoms with Crippen LogP contribution in [-0.4, -0.2) is 24.3 Å². The minimum absolute atomic E-state index is 0.127. The van der Waals surface area contributed by atoms with Crippen LogP contribution in [0.2, 0.25) is 0 Å². The summed E-state index contributed by atoms with van der Waals surface area (Å²) in [4.78, 5) is 14.2. The Morgan fingerprint density at radius 2 is 2.17 bits per heavy atom. The van der Waals surface area contributed by atoms with Gasteiger partial charge in [0.1, 0.15) is 4.32 Å². The van der Waals surface area contributed by atoms with Crippen molar-refractivity contribution >= 4 is 61.9 Å². The van der Waals surface area contributed by atoms with Gasteiger partial charge in [0.2, 0.25) is 0 Å². The molecule has 1 amide bonds. The molecular formula is C12H11BrN2OS2. The van der Waals surface area contributed by atoms with Gasteiger partial charge in [0.25, 0.3) is 5.91 Å². The van der Waals surface area contributed by atoms with Gasteiger partial charge in [-0.15, -0.1) is 0 Å². The monoisotopic (exact) mass is 342 g/mol. The first kappa shape index (κ1) is 13.6. The molecule has 1 heterocycles. The zero-order chi connectivity index (χ0) is 13.3. The molecule has 0 aromatic heterocycles. The highest BCUT2D eigenvalue weighted by atomic mass is 79.9. The molecule has 0 radical (unpaired) electrons. The lowest BCUT2D eigenvalue weighted by Crippen LogP contribution is -2.17. The number of thiocarbonyl (C=S) groups is 1. The highest BCUT2D eigenvalue weighted by molar-refractivity contribution is 9.10. The van der Waals surface area contributed by atoms with Crippen molar-refractivity contribution < 1.29 is 4.79 Å². The first-order chi connectivity index (χ1) is 8.47. The van der Waals surface area contributed by atoms with Gasteiger partial charge in [0.15, 0.2) is 0 Å². The van der Waals surface area contributed by atoms with Crippen LogP contribution in [-0.2, 0) is 4.79 Å². The summed E-state index contributed by atoms with van der Waals surface area (Å²) in [5.74, 6) is -0.127. The van der Waals surface area contributed by atoms with E-state index in [1.54, 1.807) is 0 Å². The first-order valence-corrected chi connectivity index (χ1v) is 7.21. The number of carbonyl (C=O) groups is 1. The van der Waals surface area contributed by atoms with Gasteiger partial charge in [-0.1, -0.05) is 30.0 Å². The molecule has 0 aliphatic carbocycles. The summed E-state index contributed by atoms with van der Waals surface area (Å²) in [5.41, 5.74) is 2.06. The summed E-state index contributed by atoms with van der Waals surface area (Å²) in [6, 6.07) is 5.96. The maximum Gasteiger partial charge on any atom is 0.263 e. The average Bonchev–Trinajstić information content (AvgIpc) is 2.57. The third kappa shape index (κ3) is 2.93. The molecule has 0 bridgehead atoms. The number of amides is 1. The zero-order valence-electron chi connectivity index (χ0n) is 9.86. The predicted octanol–water partition coefficient (Wildman–Crippen LogP) is 3.00. The van der Waals surface area contributed by atoms with Crippen LogP contribution in [0.3, 0.4) is 0 Å². The van der Waals surface area contributed by atoms with Crippen LogP contribution in [0.25, 0.3) is 6.08 Å². The van der Waals surface area contributed by atoms with Crippen molar-refractivity contribution in [2.45, 2.75) is 0 Å². The molecular weight excluding hydrogens is 332 g/mol. The maximum absolute atomic E-state index is 11.5. The summed E-state index contributed by atoms with van der Waals surface area (Å²) in [6.07, 6.45) is 1.84. The van der Waals surface area contributed by atoms with Crippen molar-refractivity contribution in [1.82, 2.24) is 5.32 Å². The Kier molecular flexibility index (Phi) is 4.09. The van der Waals surface area contributed by atoms with Gasteiger partial charge in [-0.2, -0.15) is 0 Å². The van der Waals surface area contributed by atoms with Crippen LogP contribution in [0.5, 0.6) is 0 Å². The number of nitrogens with zero attached hydrogens (tertiary/aromatic N) is 1. The van der Waals surface area contributed by atoms with Crippen LogP contribution < -0.4 is 10.2 Å². The van der Waals surface area contributed by atoms with Crippen LogP contribution in [0.4, 0.5) is 5.69 Å². The summed E-state index contributed by atoms with van der Waals surface area (Å²) in [7, 11) is 3.97. The fraction of sp³-hybridized carbons (Fsp3) is 0.167. The Balaban J connectivity index is 2.31. The van der Waals surface area contributed by atoms with Gasteiger partial charge in [0, 0.05) is 18.6 Å². The lowest BCUT2D eigenvalue weighted by Gasteiger charge is -2.14. The number of hydrogen-bond acceptors (Lipinski definition) is 4. The van der Waals surface area contributed by atoms with Crippen molar-refractivity contribution in [1.29, 1.82) is 0 Å². The van der Waals surface area contributed by atoms with Crippen molar-refractivity contribution in [3.8, 4) is 0 Å². The Morgan fingerprint density at radius 1 is 1.44 bits per heavy atom. The van der Waals surface area contributed by atoms with E-state index in [-0.39, 0.29) is 5.91 Å². The van der Waals surface area contributed by atoms with Crippen molar-refractivity contribution in [2.24, 2.45) is 0 Å². The number of nitrogens with one attached hydrogen (secondary N) is 1. The van der Waals surface area contributed by atoms with Crippen LogP contribution in [0.15, 0.2) is 27.6 Å². The lowest BCUT2D eigenvalue weighted by molar-refractivity contribution is -0.115. The van der Waals surface area contributed by atoms with Crippen LogP contribution in [0, 0.1) is 0 Å². The van der Waals surface area contributed by atoms with Gasteiger partial charge in [-0.3, -0.25) is 4.79 Å². The summed E-state index contributed by atoms with van der Waals surface area (Å²) < 4.78 is 1.50. The Labute approximate surface area is 124 Å². The van der Waals surface area contributed by atoms with E-state index in [4.69, 9.17) is 12.2 Å². The second-order valence-electron chi connectivity index (χ2n) is 3.96. The number of halogens is 1. The number of anilines is 1. The molecule has 6 heteroatoms. The lowest BCUT2D eigenvalue weighted by atomic mass is 10.2. The van der Waals surface area contributed by atoms with Crippen molar-refractivity contribution in [3.63, 3.8) is 0 Å². The molecule has 18 heavy (non-hydrogen) atoms. The van der Waals surface area contributed by atoms with E-state index in [1.807, 2.05) is 43.3 Å². The second kappa shape index (κ2) is 5.42. The smallest absolute Gasteiger partial charge is 0.263 e. The molecule has 94 valence electrons. The SMILES string of the molecule is CN(C)c1ccc(C=C2SC(=S)NC2=O)cc1Br. The van der Waals surface area contributed by atoms with Gasteiger partial charge in [-0.25, -0.2) is 0 Å². The molecule has 0 saturated carbocycles. The van der Waals surface area contributed by atoms with E-state index in [1.165, 1.54) is 11.8 Å². The van der Waals surface area contributed by atoms with E-state index < -0.39 is 0 Å². The van der Waals surface area contributed by atoms with Gasteiger partial charge in [0.05, 0.1) is 10.6 Å². The normalized spacial score (nSPS) is 17.2. The molecule has 1 fully saturated rings. The molecule has 1 saturated heterocycles. The number of carbonyl (C=O) groups excluding carboxylic acids is 1. The number of benzene rings is 1. The maximum atomic E-state index is 11.5. The van der Waals surface area contributed by atoms with Crippen LogP contribution in [0.1, 0.15) is 5.56 Å². The fourth-order valence-electron chi connectivity index (χ4n) is 1.55. The molecule has 0 atom stereocenters.